The highest BCUT2D eigenvalue weighted by Crippen LogP contribution is 2.17. The van der Waals surface area contributed by atoms with E-state index in [1.54, 1.807) is 6.33 Å². The summed E-state index contributed by atoms with van der Waals surface area (Å²) in [7, 11) is 0. The van der Waals surface area contributed by atoms with Gasteiger partial charge in [-0.2, -0.15) is 4.98 Å². The Kier molecular flexibility index (Phi) is 3.15. The van der Waals surface area contributed by atoms with Crippen LogP contribution in [0.5, 0.6) is 0 Å². The van der Waals surface area contributed by atoms with Gasteiger partial charge in [0, 0.05) is 0 Å². The Morgan fingerprint density at radius 2 is 1.95 bits per heavy atom. The van der Waals surface area contributed by atoms with Gasteiger partial charge < -0.3 is 9.67 Å². The van der Waals surface area contributed by atoms with Gasteiger partial charge in [0.05, 0.1) is 25.2 Å². The molecule has 0 saturated carbocycles. The van der Waals surface area contributed by atoms with Crippen LogP contribution in [0.4, 0.5) is 0 Å². The molecule has 0 atom stereocenters. The number of nitrogens with zero attached hydrogens (tertiary/aromatic N) is 4. The van der Waals surface area contributed by atoms with Crippen LogP contribution >= 0.6 is 11.6 Å². The molecular formula is C13H11ClN4O. The summed E-state index contributed by atoms with van der Waals surface area (Å²) < 4.78 is 1.89. The summed E-state index contributed by atoms with van der Waals surface area (Å²) in [5, 5.41) is 9.38. The topological polar surface area (TPSA) is 63.8 Å². The summed E-state index contributed by atoms with van der Waals surface area (Å²) in [5.41, 5.74) is 2.81. The molecule has 5 nitrogen and oxygen atoms in total. The maximum Gasteiger partial charge on any atom is 0.224 e. The van der Waals surface area contributed by atoms with E-state index >= 15 is 0 Å². The monoisotopic (exact) mass is 274 g/mol. The number of imidazole rings is 1. The molecule has 0 saturated heterocycles. The molecular weight excluding hydrogens is 264 g/mol. The van der Waals surface area contributed by atoms with E-state index in [0.717, 1.165) is 5.56 Å². The van der Waals surface area contributed by atoms with E-state index in [1.165, 1.54) is 0 Å². The first kappa shape index (κ1) is 12.1. The molecule has 0 fully saturated rings. The van der Waals surface area contributed by atoms with E-state index in [2.05, 4.69) is 15.0 Å². The van der Waals surface area contributed by atoms with E-state index < -0.39 is 0 Å². The summed E-state index contributed by atoms with van der Waals surface area (Å²) >= 11 is 5.86. The quantitative estimate of drug-likeness (QED) is 0.742. The minimum atomic E-state index is -0.207. The van der Waals surface area contributed by atoms with E-state index in [0.29, 0.717) is 23.4 Å². The lowest BCUT2D eigenvalue weighted by molar-refractivity contribution is 0.278. The number of halogens is 1. The first-order valence-corrected chi connectivity index (χ1v) is 6.18. The second-order valence-corrected chi connectivity index (χ2v) is 4.47. The third-order valence-electron chi connectivity index (χ3n) is 2.85. The van der Waals surface area contributed by atoms with Crippen LogP contribution in [0.2, 0.25) is 5.28 Å². The zero-order valence-electron chi connectivity index (χ0n) is 9.99. The molecule has 19 heavy (non-hydrogen) atoms. The molecule has 0 radical (unpaired) electrons. The largest absolute Gasteiger partial charge is 0.390 e. The summed E-state index contributed by atoms with van der Waals surface area (Å²) in [4.78, 5) is 12.4. The third-order valence-corrected chi connectivity index (χ3v) is 3.02. The lowest BCUT2D eigenvalue weighted by Crippen LogP contribution is -2.01. The molecule has 0 aliphatic heterocycles. The van der Waals surface area contributed by atoms with Gasteiger partial charge in [-0.3, -0.25) is 0 Å². The smallest absolute Gasteiger partial charge is 0.224 e. The van der Waals surface area contributed by atoms with Crippen molar-refractivity contribution in [2.75, 3.05) is 0 Å². The Labute approximate surface area is 114 Å². The molecule has 2 heterocycles. The molecule has 1 N–H and O–H groups in total. The fraction of sp³-hybridized carbons (Fsp3) is 0.154. The average molecular weight is 275 g/mol. The van der Waals surface area contributed by atoms with Crippen molar-refractivity contribution in [1.29, 1.82) is 0 Å². The van der Waals surface area contributed by atoms with Gasteiger partial charge in [0.25, 0.3) is 0 Å². The van der Waals surface area contributed by atoms with Crippen LogP contribution in [-0.4, -0.2) is 24.6 Å². The Hall–Kier alpha value is -1.98. The van der Waals surface area contributed by atoms with E-state index in [4.69, 9.17) is 11.6 Å². The lowest BCUT2D eigenvalue weighted by atomic mass is 10.2. The van der Waals surface area contributed by atoms with Gasteiger partial charge in [-0.15, -0.1) is 0 Å². The van der Waals surface area contributed by atoms with Crippen LogP contribution in [0, 0.1) is 0 Å². The maximum absolute atomic E-state index is 9.26. The van der Waals surface area contributed by atoms with E-state index in [-0.39, 0.29) is 11.9 Å². The van der Waals surface area contributed by atoms with Gasteiger partial charge in [-0.25, -0.2) is 9.97 Å². The van der Waals surface area contributed by atoms with Crippen molar-refractivity contribution in [2.24, 2.45) is 0 Å². The average Bonchev–Trinajstić information content (AvgIpc) is 2.82. The van der Waals surface area contributed by atoms with Crippen LogP contribution in [0.3, 0.4) is 0 Å². The molecule has 0 unspecified atom stereocenters. The summed E-state index contributed by atoms with van der Waals surface area (Å²) in [6, 6.07) is 9.99. The third kappa shape index (κ3) is 2.30. The summed E-state index contributed by atoms with van der Waals surface area (Å²) in [5.74, 6) is 0. The Bertz CT molecular complexity index is 711. The number of fused-ring (bicyclic) bond motifs is 1. The summed E-state index contributed by atoms with van der Waals surface area (Å²) in [6.07, 6.45) is 1.68. The van der Waals surface area contributed by atoms with Gasteiger partial charge in [-0.1, -0.05) is 30.3 Å². The number of rotatable bonds is 3. The molecule has 1 aromatic carbocycles. The molecule has 0 aliphatic carbocycles. The van der Waals surface area contributed by atoms with Crippen LogP contribution in [0.1, 0.15) is 11.3 Å². The van der Waals surface area contributed by atoms with Crippen molar-refractivity contribution in [3.8, 4) is 0 Å². The zero-order chi connectivity index (χ0) is 13.2. The highest BCUT2D eigenvalue weighted by atomic mass is 35.5. The highest BCUT2D eigenvalue weighted by Gasteiger charge is 2.11. The van der Waals surface area contributed by atoms with Crippen molar-refractivity contribution in [2.45, 2.75) is 13.2 Å². The Balaban J connectivity index is 2.08. The first-order valence-electron chi connectivity index (χ1n) is 5.80. The SMILES string of the molecule is OCc1nc(Cl)nc2c1ncn2Cc1ccccc1. The standard InChI is InChI=1S/C13H11ClN4O/c14-13-16-10(7-19)11-12(17-13)18(8-15-11)6-9-4-2-1-3-5-9/h1-5,8,19H,6-7H2. The van der Waals surface area contributed by atoms with Gasteiger partial charge in [0.2, 0.25) is 5.28 Å². The van der Waals surface area contributed by atoms with Crippen molar-refractivity contribution in [3.63, 3.8) is 0 Å². The van der Waals surface area contributed by atoms with E-state index in [1.807, 2.05) is 34.9 Å². The predicted octanol–water partition coefficient (Wildman–Crippen LogP) is 2.02. The predicted molar refractivity (Wildman–Crippen MR) is 71.8 cm³/mol. The van der Waals surface area contributed by atoms with E-state index in [9.17, 15) is 5.11 Å². The van der Waals surface area contributed by atoms with Crippen molar-refractivity contribution < 1.29 is 5.11 Å². The van der Waals surface area contributed by atoms with Crippen LogP contribution in [0.15, 0.2) is 36.7 Å². The number of hydrogen-bond acceptors (Lipinski definition) is 4. The fourth-order valence-electron chi connectivity index (χ4n) is 1.98. The molecule has 3 rings (SSSR count). The zero-order valence-corrected chi connectivity index (χ0v) is 10.7. The molecule has 0 amide bonds. The lowest BCUT2D eigenvalue weighted by Gasteiger charge is -2.04. The van der Waals surface area contributed by atoms with Gasteiger partial charge in [-0.05, 0) is 17.2 Å². The second kappa shape index (κ2) is 4.95. The Morgan fingerprint density at radius 1 is 1.16 bits per heavy atom. The fourth-order valence-corrected chi connectivity index (χ4v) is 2.16. The molecule has 0 spiro atoms. The minimum absolute atomic E-state index is 0.117. The number of aliphatic hydroxyl groups excluding tert-OH is 1. The molecule has 0 bridgehead atoms. The number of aromatic nitrogens is 4. The number of aliphatic hydroxyl groups is 1. The second-order valence-electron chi connectivity index (χ2n) is 4.13. The normalized spacial score (nSPS) is 11.1. The van der Waals surface area contributed by atoms with Crippen LogP contribution in [0.25, 0.3) is 11.2 Å². The van der Waals surface area contributed by atoms with Gasteiger partial charge in [0.15, 0.2) is 5.65 Å². The molecule has 2 aromatic heterocycles. The molecule has 96 valence electrons. The minimum Gasteiger partial charge on any atom is -0.390 e. The number of benzene rings is 1. The van der Waals surface area contributed by atoms with Crippen molar-refractivity contribution in [1.82, 2.24) is 19.5 Å². The molecule has 3 aromatic rings. The van der Waals surface area contributed by atoms with Crippen molar-refractivity contribution in [3.05, 3.63) is 53.2 Å². The van der Waals surface area contributed by atoms with Crippen LogP contribution in [-0.2, 0) is 13.2 Å². The highest BCUT2D eigenvalue weighted by molar-refractivity contribution is 6.28. The van der Waals surface area contributed by atoms with Crippen LogP contribution < -0.4 is 0 Å². The van der Waals surface area contributed by atoms with Gasteiger partial charge in [0.1, 0.15) is 5.52 Å². The maximum atomic E-state index is 9.26. The Morgan fingerprint density at radius 3 is 2.68 bits per heavy atom. The number of hydrogen-bond donors (Lipinski definition) is 1. The first-order chi connectivity index (χ1) is 9.28. The van der Waals surface area contributed by atoms with Gasteiger partial charge >= 0.3 is 0 Å². The molecule has 0 aliphatic rings. The van der Waals surface area contributed by atoms with Crippen molar-refractivity contribution >= 4 is 22.8 Å². The summed E-state index contributed by atoms with van der Waals surface area (Å²) in [6.45, 7) is 0.441. The molecule has 6 heteroatoms.